The van der Waals surface area contributed by atoms with Gasteiger partial charge in [0.25, 0.3) is 0 Å². The SMILES string of the molecule is COc1ccc(N2CC(NC(=O)N3CCn4cccc4C3c3ccc(Br)cc3)CC2=O)cc1OC. The highest BCUT2D eigenvalue weighted by atomic mass is 79.9. The number of carbonyl (C=O) groups is 2. The van der Waals surface area contributed by atoms with Gasteiger partial charge in [-0.3, -0.25) is 4.79 Å². The molecule has 2 aliphatic rings. The highest BCUT2D eigenvalue weighted by molar-refractivity contribution is 9.10. The minimum Gasteiger partial charge on any atom is -0.493 e. The summed E-state index contributed by atoms with van der Waals surface area (Å²) in [7, 11) is 3.14. The lowest BCUT2D eigenvalue weighted by atomic mass is 10.0. The smallest absolute Gasteiger partial charge is 0.318 e. The van der Waals surface area contributed by atoms with Crippen molar-refractivity contribution in [2.24, 2.45) is 0 Å². The number of hydrogen-bond acceptors (Lipinski definition) is 4. The fourth-order valence-corrected chi connectivity index (χ4v) is 5.17. The van der Waals surface area contributed by atoms with Gasteiger partial charge in [0.15, 0.2) is 11.5 Å². The molecule has 8 nitrogen and oxygen atoms in total. The Morgan fingerprint density at radius 2 is 1.80 bits per heavy atom. The first-order valence-electron chi connectivity index (χ1n) is 11.5. The fraction of sp³-hybridized carbons (Fsp3) is 0.308. The van der Waals surface area contributed by atoms with Gasteiger partial charge < -0.3 is 29.2 Å². The van der Waals surface area contributed by atoms with E-state index in [1.165, 1.54) is 0 Å². The minimum atomic E-state index is -0.289. The number of hydrogen-bond donors (Lipinski definition) is 1. The van der Waals surface area contributed by atoms with Gasteiger partial charge in [0.1, 0.15) is 0 Å². The van der Waals surface area contributed by atoms with E-state index in [4.69, 9.17) is 9.47 Å². The molecule has 2 aliphatic heterocycles. The zero-order valence-electron chi connectivity index (χ0n) is 19.6. The van der Waals surface area contributed by atoms with Crippen LogP contribution in [0.2, 0.25) is 0 Å². The van der Waals surface area contributed by atoms with E-state index in [2.05, 4.69) is 31.9 Å². The molecular formula is C26H27BrN4O4. The van der Waals surface area contributed by atoms with Crippen molar-refractivity contribution in [2.45, 2.75) is 25.0 Å². The molecule has 1 fully saturated rings. The summed E-state index contributed by atoms with van der Waals surface area (Å²) in [6, 6.07) is 16.8. The standard InChI is InChI=1S/C26H27BrN4O4/c1-34-22-10-9-20(15-23(22)35-2)31-16-19(14-24(31)32)28-26(33)30-13-12-29-11-3-4-21(29)25(30)17-5-7-18(27)8-6-17/h3-11,15,19,25H,12-14,16H2,1-2H3,(H,28,33). The van der Waals surface area contributed by atoms with Gasteiger partial charge in [0.2, 0.25) is 5.91 Å². The van der Waals surface area contributed by atoms with Crippen molar-refractivity contribution in [2.75, 3.05) is 32.2 Å². The second-order valence-corrected chi connectivity index (χ2v) is 9.58. The first kappa shape index (κ1) is 23.3. The molecule has 1 N–H and O–H groups in total. The van der Waals surface area contributed by atoms with E-state index in [0.717, 1.165) is 22.3 Å². The molecule has 1 saturated heterocycles. The van der Waals surface area contributed by atoms with Gasteiger partial charge >= 0.3 is 6.03 Å². The van der Waals surface area contributed by atoms with E-state index in [9.17, 15) is 9.59 Å². The van der Waals surface area contributed by atoms with Crippen LogP contribution in [-0.4, -0.2) is 54.8 Å². The number of nitrogens with zero attached hydrogens (tertiary/aromatic N) is 3. The zero-order chi connectivity index (χ0) is 24.5. The van der Waals surface area contributed by atoms with E-state index < -0.39 is 0 Å². The predicted molar refractivity (Wildman–Crippen MR) is 136 cm³/mol. The van der Waals surface area contributed by atoms with Gasteiger partial charge in [-0.05, 0) is 42.0 Å². The van der Waals surface area contributed by atoms with E-state index in [1.54, 1.807) is 31.3 Å². The van der Waals surface area contributed by atoms with Gasteiger partial charge in [-0.2, -0.15) is 0 Å². The summed E-state index contributed by atoms with van der Waals surface area (Å²) in [6.45, 7) is 1.70. The summed E-state index contributed by atoms with van der Waals surface area (Å²) in [6.07, 6.45) is 2.29. The molecule has 2 unspecified atom stereocenters. The molecule has 182 valence electrons. The van der Waals surface area contributed by atoms with Gasteiger partial charge in [-0.25, -0.2) is 4.79 Å². The molecule has 1 aromatic heterocycles. The Bertz CT molecular complexity index is 1240. The Morgan fingerprint density at radius 1 is 1.03 bits per heavy atom. The van der Waals surface area contributed by atoms with Crippen LogP contribution >= 0.6 is 15.9 Å². The lowest BCUT2D eigenvalue weighted by Gasteiger charge is -2.38. The molecule has 2 aromatic carbocycles. The number of carbonyl (C=O) groups excluding carboxylic acids is 2. The van der Waals surface area contributed by atoms with E-state index in [1.807, 2.05) is 47.5 Å². The van der Waals surface area contributed by atoms with Gasteiger partial charge in [-0.1, -0.05) is 28.1 Å². The third-order valence-corrected chi connectivity index (χ3v) is 7.14. The maximum atomic E-state index is 13.5. The zero-order valence-corrected chi connectivity index (χ0v) is 21.2. The van der Waals surface area contributed by atoms with E-state index in [0.29, 0.717) is 30.3 Å². The van der Waals surface area contributed by atoms with Crippen LogP contribution in [0.1, 0.15) is 23.7 Å². The van der Waals surface area contributed by atoms with Crippen molar-refractivity contribution in [3.63, 3.8) is 0 Å². The monoisotopic (exact) mass is 538 g/mol. The summed E-state index contributed by atoms with van der Waals surface area (Å²) in [5, 5.41) is 3.11. The largest absolute Gasteiger partial charge is 0.493 e. The molecule has 0 aliphatic carbocycles. The Hall–Kier alpha value is -3.46. The average molecular weight is 539 g/mol. The number of amides is 3. The summed E-state index contributed by atoms with van der Waals surface area (Å²) in [5.74, 6) is 1.11. The quantitative estimate of drug-likeness (QED) is 0.528. The Morgan fingerprint density at radius 3 is 2.54 bits per heavy atom. The van der Waals surface area contributed by atoms with Crippen LogP contribution in [0.25, 0.3) is 0 Å². The van der Waals surface area contributed by atoms with Crippen molar-refractivity contribution in [3.8, 4) is 11.5 Å². The van der Waals surface area contributed by atoms with Gasteiger partial charge in [0.05, 0.1) is 26.3 Å². The number of rotatable bonds is 5. The molecule has 9 heteroatoms. The molecule has 0 saturated carbocycles. The van der Waals surface area contributed by atoms with Crippen molar-refractivity contribution < 1.29 is 19.1 Å². The number of ether oxygens (including phenoxy) is 2. The summed E-state index contributed by atoms with van der Waals surface area (Å²) in [5.41, 5.74) is 2.83. The molecule has 35 heavy (non-hydrogen) atoms. The van der Waals surface area contributed by atoms with Crippen molar-refractivity contribution >= 4 is 33.6 Å². The lowest BCUT2D eigenvalue weighted by molar-refractivity contribution is -0.117. The van der Waals surface area contributed by atoms with E-state index >= 15 is 0 Å². The predicted octanol–water partition coefficient (Wildman–Crippen LogP) is 4.19. The molecule has 3 aromatic rings. The maximum absolute atomic E-state index is 13.5. The number of benzene rings is 2. The number of urea groups is 1. The second kappa shape index (κ2) is 9.65. The number of nitrogens with one attached hydrogen (secondary N) is 1. The molecule has 0 spiro atoms. The number of aromatic nitrogens is 1. The summed E-state index contributed by atoms with van der Waals surface area (Å²) >= 11 is 3.49. The van der Waals surface area contributed by atoms with Crippen LogP contribution in [-0.2, 0) is 11.3 Å². The Labute approximate surface area is 212 Å². The van der Waals surface area contributed by atoms with Crippen LogP contribution in [0, 0.1) is 0 Å². The third kappa shape index (κ3) is 4.48. The Kier molecular flexibility index (Phi) is 6.42. The minimum absolute atomic E-state index is 0.0421. The topological polar surface area (TPSA) is 76.0 Å². The molecule has 3 amide bonds. The van der Waals surface area contributed by atoms with Crippen LogP contribution in [0.3, 0.4) is 0 Å². The van der Waals surface area contributed by atoms with Crippen LogP contribution in [0.15, 0.2) is 65.3 Å². The third-order valence-electron chi connectivity index (χ3n) is 6.62. The van der Waals surface area contributed by atoms with Gasteiger partial charge in [0, 0.05) is 54.2 Å². The maximum Gasteiger partial charge on any atom is 0.318 e. The Balaban J connectivity index is 1.34. The molecule has 3 heterocycles. The normalized spacial score (nSPS) is 19.5. The van der Waals surface area contributed by atoms with Gasteiger partial charge in [-0.15, -0.1) is 0 Å². The number of halogens is 1. The number of methoxy groups -OCH3 is 2. The van der Waals surface area contributed by atoms with Crippen molar-refractivity contribution in [3.05, 3.63) is 76.5 Å². The molecule has 5 rings (SSSR count). The molecular weight excluding hydrogens is 512 g/mol. The lowest BCUT2D eigenvalue weighted by Crippen LogP contribution is -2.50. The number of anilines is 1. The summed E-state index contributed by atoms with van der Waals surface area (Å²) in [4.78, 5) is 29.9. The first-order valence-corrected chi connectivity index (χ1v) is 12.3. The number of fused-ring (bicyclic) bond motifs is 1. The van der Waals surface area contributed by atoms with Crippen molar-refractivity contribution in [1.29, 1.82) is 0 Å². The highest BCUT2D eigenvalue weighted by Crippen LogP contribution is 2.35. The van der Waals surface area contributed by atoms with E-state index in [-0.39, 0.29) is 30.4 Å². The van der Waals surface area contributed by atoms with Crippen LogP contribution in [0.5, 0.6) is 11.5 Å². The second-order valence-electron chi connectivity index (χ2n) is 8.67. The molecule has 2 atom stereocenters. The van der Waals surface area contributed by atoms with Crippen LogP contribution in [0.4, 0.5) is 10.5 Å². The average Bonchev–Trinajstić information content (AvgIpc) is 3.49. The van der Waals surface area contributed by atoms with Crippen LogP contribution < -0.4 is 19.7 Å². The highest BCUT2D eigenvalue weighted by Gasteiger charge is 2.36. The summed E-state index contributed by atoms with van der Waals surface area (Å²) < 4.78 is 13.9. The molecule has 0 radical (unpaired) electrons. The van der Waals surface area contributed by atoms with Crippen molar-refractivity contribution in [1.82, 2.24) is 14.8 Å². The fourth-order valence-electron chi connectivity index (χ4n) is 4.90. The first-order chi connectivity index (χ1) is 17.0. The molecule has 0 bridgehead atoms.